The minimum absolute atomic E-state index is 0.178. The van der Waals surface area contributed by atoms with Gasteiger partial charge in [0.2, 0.25) is 0 Å². The summed E-state index contributed by atoms with van der Waals surface area (Å²) in [6.07, 6.45) is 0.187. The van der Waals surface area contributed by atoms with Crippen LogP contribution in [0, 0.1) is 5.82 Å². The van der Waals surface area contributed by atoms with Gasteiger partial charge in [0.05, 0.1) is 6.10 Å². The summed E-state index contributed by atoms with van der Waals surface area (Å²) < 4.78 is 18.5. The summed E-state index contributed by atoms with van der Waals surface area (Å²) in [7, 11) is 0. The summed E-state index contributed by atoms with van der Waals surface area (Å²) in [5.74, 6) is 0.687. The molecule has 0 bridgehead atoms. The van der Waals surface area contributed by atoms with Crippen molar-refractivity contribution in [2.75, 3.05) is 0 Å². The zero-order chi connectivity index (χ0) is 15.2. The number of hydrogen-bond donors (Lipinski definition) is 1. The van der Waals surface area contributed by atoms with Crippen LogP contribution in [-0.2, 0) is 6.54 Å². The molecule has 0 spiro atoms. The Morgan fingerprint density at radius 2 is 1.57 bits per heavy atom. The van der Waals surface area contributed by atoms with Gasteiger partial charge in [-0.15, -0.1) is 0 Å². The molecule has 2 rings (SSSR count). The van der Waals surface area contributed by atoms with Crippen molar-refractivity contribution < 1.29 is 9.13 Å². The van der Waals surface area contributed by atoms with Gasteiger partial charge in [-0.05, 0) is 56.2 Å². The average Bonchev–Trinajstić information content (AvgIpc) is 2.46. The fraction of sp³-hybridized carbons (Fsp3) is 0.333. The third-order valence-corrected chi connectivity index (χ3v) is 3.28. The molecule has 2 aromatic rings. The van der Waals surface area contributed by atoms with Gasteiger partial charge in [0.25, 0.3) is 0 Å². The van der Waals surface area contributed by atoms with Crippen molar-refractivity contribution in [1.29, 1.82) is 0 Å². The van der Waals surface area contributed by atoms with E-state index < -0.39 is 0 Å². The smallest absolute Gasteiger partial charge is 0.123 e. The lowest BCUT2D eigenvalue weighted by Gasteiger charge is -2.15. The van der Waals surface area contributed by atoms with E-state index in [1.807, 2.05) is 38.1 Å². The summed E-state index contributed by atoms with van der Waals surface area (Å²) in [6.45, 7) is 6.86. The summed E-state index contributed by atoms with van der Waals surface area (Å²) in [4.78, 5) is 0. The van der Waals surface area contributed by atoms with E-state index >= 15 is 0 Å². The fourth-order valence-corrected chi connectivity index (χ4v) is 2.10. The standard InChI is InChI=1S/C18H22FNO/c1-13(2)21-18-10-4-15(5-11-18)12-20-14(3)16-6-8-17(19)9-7-16/h4-11,13-14,20H,12H2,1-3H3. The average molecular weight is 287 g/mol. The fourth-order valence-electron chi connectivity index (χ4n) is 2.10. The Kier molecular flexibility index (Phi) is 5.34. The summed E-state index contributed by atoms with van der Waals surface area (Å²) >= 11 is 0. The van der Waals surface area contributed by atoms with Crippen molar-refractivity contribution in [1.82, 2.24) is 5.32 Å². The number of ether oxygens (including phenoxy) is 1. The Morgan fingerprint density at radius 3 is 2.14 bits per heavy atom. The molecule has 1 unspecified atom stereocenters. The maximum atomic E-state index is 12.9. The van der Waals surface area contributed by atoms with Crippen LogP contribution in [0.1, 0.15) is 37.9 Å². The van der Waals surface area contributed by atoms with Gasteiger partial charge in [-0.3, -0.25) is 0 Å². The molecule has 0 aliphatic rings. The van der Waals surface area contributed by atoms with Crippen molar-refractivity contribution in [2.45, 2.75) is 39.5 Å². The van der Waals surface area contributed by atoms with E-state index in [4.69, 9.17) is 4.74 Å². The molecule has 0 saturated carbocycles. The highest BCUT2D eigenvalue weighted by molar-refractivity contribution is 5.27. The molecule has 2 aromatic carbocycles. The molecule has 0 saturated heterocycles. The second-order valence-electron chi connectivity index (χ2n) is 5.46. The van der Waals surface area contributed by atoms with Gasteiger partial charge in [-0.1, -0.05) is 24.3 Å². The predicted molar refractivity (Wildman–Crippen MR) is 83.9 cm³/mol. The third-order valence-electron chi connectivity index (χ3n) is 3.28. The van der Waals surface area contributed by atoms with Crippen LogP contribution in [0.4, 0.5) is 4.39 Å². The van der Waals surface area contributed by atoms with Crippen molar-refractivity contribution in [3.63, 3.8) is 0 Å². The first-order valence-corrected chi connectivity index (χ1v) is 7.29. The molecule has 2 nitrogen and oxygen atoms in total. The van der Waals surface area contributed by atoms with Gasteiger partial charge in [0.15, 0.2) is 0 Å². The zero-order valence-electron chi connectivity index (χ0n) is 12.8. The van der Waals surface area contributed by atoms with Crippen LogP contribution in [0.15, 0.2) is 48.5 Å². The van der Waals surface area contributed by atoms with Gasteiger partial charge < -0.3 is 10.1 Å². The van der Waals surface area contributed by atoms with E-state index in [1.54, 1.807) is 0 Å². The number of benzene rings is 2. The van der Waals surface area contributed by atoms with Gasteiger partial charge in [0, 0.05) is 12.6 Å². The minimum atomic E-state index is -0.202. The van der Waals surface area contributed by atoms with Crippen LogP contribution >= 0.6 is 0 Å². The number of halogens is 1. The Bertz CT molecular complexity index is 548. The van der Waals surface area contributed by atoms with Crippen LogP contribution in [0.25, 0.3) is 0 Å². The van der Waals surface area contributed by atoms with E-state index in [-0.39, 0.29) is 18.0 Å². The largest absolute Gasteiger partial charge is 0.491 e. The molecule has 3 heteroatoms. The minimum Gasteiger partial charge on any atom is -0.491 e. The van der Waals surface area contributed by atoms with Crippen molar-refractivity contribution in [3.05, 3.63) is 65.5 Å². The van der Waals surface area contributed by atoms with Crippen LogP contribution in [-0.4, -0.2) is 6.10 Å². The zero-order valence-corrected chi connectivity index (χ0v) is 12.8. The molecule has 0 aromatic heterocycles. The predicted octanol–water partition coefficient (Wildman–Crippen LogP) is 4.46. The van der Waals surface area contributed by atoms with Gasteiger partial charge >= 0.3 is 0 Å². The van der Waals surface area contributed by atoms with Crippen molar-refractivity contribution in [2.24, 2.45) is 0 Å². The Hall–Kier alpha value is -1.87. The molecule has 1 N–H and O–H groups in total. The highest BCUT2D eigenvalue weighted by atomic mass is 19.1. The normalized spacial score (nSPS) is 12.4. The van der Waals surface area contributed by atoms with Crippen molar-refractivity contribution in [3.8, 4) is 5.75 Å². The molecular weight excluding hydrogens is 265 g/mol. The summed E-state index contributed by atoms with van der Waals surface area (Å²) in [5.41, 5.74) is 2.27. The lowest BCUT2D eigenvalue weighted by Crippen LogP contribution is -2.18. The second-order valence-corrected chi connectivity index (χ2v) is 5.46. The Balaban J connectivity index is 1.88. The van der Waals surface area contributed by atoms with E-state index in [1.165, 1.54) is 17.7 Å². The number of hydrogen-bond acceptors (Lipinski definition) is 2. The van der Waals surface area contributed by atoms with Gasteiger partial charge in [-0.2, -0.15) is 0 Å². The molecular formula is C18H22FNO. The molecule has 21 heavy (non-hydrogen) atoms. The van der Waals surface area contributed by atoms with Crippen LogP contribution in [0.3, 0.4) is 0 Å². The third kappa shape index (κ3) is 4.87. The first-order valence-electron chi connectivity index (χ1n) is 7.29. The van der Waals surface area contributed by atoms with E-state index in [9.17, 15) is 4.39 Å². The second kappa shape index (κ2) is 7.23. The quantitative estimate of drug-likeness (QED) is 0.846. The molecule has 0 aliphatic heterocycles. The SMILES string of the molecule is CC(C)Oc1ccc(CNC(C)c2ccc(F)cc2)cc1. The molecule has 0 fully saturated rings. The van der Waals surface area contributed by atoms with Crippen LogP contribution in [0.2, 0.25) is 0 Å². The molecule has 1 atom stereocenters. The molecule has 112 valence electrons. The first-order chi connectivity index (χ1) is 10.0. The maximum Gasteiger partial charge on any atom is 0.123 e. The van der Waals surface area contributed by atoms with E-state index in [0.29, 0.717) is 0 Å². The van der Waals surface area contributed by atoms with Crippen molar-refractivity contribution >= 4 is 0 Å². The van der Waals surface area contributed by atoms with E-state index in [0.717, 1.165) is 17.9 Å². The summed E-state index contributed by atoms with van der Waals surface area (Å²) in [6, 6.07) is 14.9. The Morgan fingerprint density at radius 1 is 0.952 bits per heavy atom. The topological polar surface area (TPSA) is 21.3 Å². The molecule has 0 aliphatic carbocycles. The monoisotopic (exact) mass is 287 g/mol. The van der Waals surface area contributed by atoms with Gasteiger partial charge in [-0.25, -0.2) is 4.39 Å². The van der Waals surface area contributed by atoms with E-state index in [2.05, 4.69) is 24.4 Å². The highest BCUT2D eigenvalue weighted by Crippen LogP contribution is 2.16. The van der Waals surface area contributed by atoms with Crippen LogP contribution < -0.4 is 10.1 Å². The molecule has 0 radical (unpaired) electrons. The number of rotatable bonds is 6. The lowest BCUT2D eigenvalue weighted by molar-refractivity contribution is 0.242. The Labute approximate surface area is 126 Å². The summed E-state index contributed by atoms with van der Waals surface area (Å²) in [5, 5.41) is 3.43. The molecule has 0 heterocycles. The number of nitrogens with one attached hydrogen (secondary N) is 1. The van der Waals surface area contributed by atoms with Crippen LogP contribution in [0.5, 0.6) is 5.75 Å². The highest BCUT2D eigenvalue weighted by Gasteiger charge is 2.05. The molecule has 0 amide bonds. The lowest BCUT2D eigenvalue weighted by atomic mass is 10.1. The maximum absolute atomic E-state index is 12.9. The van der Waals surface area contributed by atoms with Gasteiger partial charge in [0.1, 0.15) is 11.6 Å². The first kappa shape index (κ1) is 15.5.